The van der Waals surface area contributed by atoms with Crippen molar-refractivity contribution in [2.75, 3.05) is 16.6 Å². The zero-order valence-corrected chi connectivity index (χ0v) is 18.2. The van der Waals surface area contributed by atoms with E-state index in [4.69, 9.17) is 5.73 Å². The molecule has 0 saturated carbocycles. The van der Waals surface area contributed by atoms with Gasteiger partial charge in [-0.05, 0) is 44.9 Å². The lowest BCUT2D eigenvalue weighted by Crippen LogP contribution is -2.32. The van der Waals surface area contributed by atoms with Gasteiger partial charge >= 0.3 is 0 Å². The van der Waals surface area contributed by atoms with E-state index >= 15 is 0 Å². The molecule has 9 nitrogen and oxygen atoms in total. The van der Waals surface area contributed by atoms with Crippen molar-refractivity contribution in [2.45, 2.75) is 0 Å². The summed E-state index contributed by atoms with van der Waals surface area (Å²) in [6.07, 6.45) is 1.25. The Morgan fingerprint density at radius 2 is 1.31 bits per heavy atom. The first-order valence-corrected chi connectivity index (χ1v) is 10.3. The smallest absolute Gasteiger partial charge is 0.270 e. The van der Waals surface area contributed by atoms with E-state index in [1.54, 1.807) is 30.3 Å². The van der Waals surface area contributed by atoms with Gasteiger partial charge in [-0.1, -0.05) is 48.5 Å². The van der Waals surface area contributed by atoms with E-state index in [-0.39, 0.29) is 29.1 Å². The zero-order chi connectivity index (χ0) is 22.5. The summed E-state index contributed by atoms with van der Waals surface area (Å²) in [7, 11) is 0. The number of benzene rings is 3. The summed E-state index contributed by atoms with van der Waals surface area (Å²) in [5, 5.41) is 1.77. The molecular weight excluding hydrogens is 474 g/mol. The van der Waals surface area contributed by atoms with Gasteiger partial charge in [0.2, 0.25) is 0 Å². The van der Waals surface area contributed by atoms with E-state index in [1.165, 1.54) is 6.33 Å². The van der Waals surface area contributed by atoms with Crippen LogP contribution in [-0.2, 0) is 0 Å². The number of nitrogens with one attached hydrogen (secondary N) is 4. The van der Waals surface area contributed by atoms with E-state index in [0.29, 0.717) is 15.6 Å². The minimum Gasteiger partial charge on any atom is -0.393 e. The van der Waals surface area contributed by atoms with Gasteiger partial charge in [-0.3, -0.25) is 31.3 Å². The molecule has 0 atom stereocenters. The second-order valence-electron chi connectivity index (χ2n) is 6.65. The molecule has 0 aliphatic carbocycles. The molecule has 0 fully saturated rings. The molecule has 0 radical (unpaired) electrons. The first-order chi connectivity index (χ1) is 15.5. The number of halogens is 1. The summed E-state index contributed by atoms with van der Waals surface area (Å²) in [4.78, 5) is 33.1. The fourth-order valence-electron chi connectivity index (χ4n) is 3.03. The number of hydrazine groups is 2. The predicted molar refractivity (Wildman–Crippen MR) is 127 cm³/mol. The van der Waals surface area contributed by atoms with Gasteiger partial charge in [0.05, 0.1) is 5.56 Å². The second-order valence-corrected chi connectivity index (χ2v) is 7.50. The van der Waals surface area contributed by atoms with Crippen LogP contribution >= 0.6 is 15.9 Å². The van der Waals surface area contributed by atoms with Crippen molar-refractivity contribution in [3.05, 3.63) is 88.7 Å². The maximum atomic E-state index is 12.7. The molecule has 0 saturated heterocycles. The molecule has 4 aromatic rings. The Morgan fingerprint density at radius 3 is 2.03 bits per heavy atom. The third-order valence-corrected chi connectivity index (χ3v) is 5.32. The van der Waals surface area contributed by atoms with Crippen LogP contribution in [0.25, 0.3) is 10.8 Å². The van der Waals surface area contributed by atoms with Crippen molar-refractivity contribution in [1.82, 2.24) is 20.8 Å². The van der Waals surface area contributed by atoms with Crippen molar-refractivity contribution in [3.63, 3.8) is 0 Å². The van der Waals surface area contributed by atoms with Crippen LogP contribution in [0.2, 0.25) is 0 Å². The highest BCUT2D eigenvalue weighted by atomic mass is 79.9. The number of carbonyl (C=O) groups is 2. The average Bonchev–Trinajstić information content (AvgIpc) is 2.82. The van der Waals surface area contributed by atoms with Crippen molar-refractivity contribution < 1.29 is 9.59 Å². The average molecular weight is 492 g/mol. The van der Waals surface area contributed by atoms with Crippen LogP contribution in [0.5, 0.6) is 0 Å². The molecule has 10 heteroatoms. The number of fused-ring (bicyclic) bond motifs is 1. The zero-order valence-electron chi connectivity index (χ0n) is 16.6. The Balaban J connectivity index is 1.44. The van der Waals surface area contributed by atoms with Gasteiger partial charge in [0.15, 0.2) is 11.6 Å². The van der Waals surface area contributed by atoms with Gasteiger partial charge in [0, 0.05) is 10.0 Å². The lowest BCUT2D eigenvalue weighted by atomic mass is 10.0. The van der Waals surface area contributed by atoms with Crippen LogP contribution < -0.4 is 27.4 Å². The van der Waals surface area contributed by atoms with E-state index in [2.05, 4.69) is 47.6 Å². The quantitative estimate of drug-likeness (QED) is 0.260. The van der Waals surface area contributed by atoms with Crippen LogP contribution in [0.1, 0.15) is 20.7 Å². The number of aromatic nitrogens is 2. The van der Waals surface area contributed by atoms with E-state index in [1.807, 2.05) is 36.4 Å². The summed E-state index contributed by atoms with van der Waals surface area (Å²) in [6.45, 7) is 0. The second kappa shape index (κ2) is 9.31. The lowest BCUT2D eigenvalue weighted by Gasteiger charge is -2.14. The largest absolute Gasteiger partial charge is 0.393 e. The van der Waals surface area contributed by atoms with Gasteiger partial charge in [0.25, 0.3) is 11.8 Å². The summed E-state index contributed by atoms with van der Waals surface area (Å²) in [5.74, 6) is -0.389. The monoisotopic (exact) mass is 491 g/mol. The number of nitrogens with two attached hydrogens (primary N) is 1. The third kappa shape index (κ3) is 4.44. The molecule has 3 aromatic carbocycles. The highest BCUT2D eigenvalue weighted by Crippen LogP contribution is 2.22. The van der Waals surface area contributed by atoms with Crippen molar-refractivity contribution in [1.29, 1.82) is 0 Å². The summed E-state index contributed by atoms with van der Waals surface area (Å²) in [5.41, 5.74) is 17.6. The number of amides is 2. The molecule has 0 spiro atoms. The van der Waals surface area contributed by atoms with Crippen LogP contribution in [0.3, 0.4) is 0 Å². The Bertz CT molecular complexity index is 1310. The van der Waals surface area contributed by atoms with Crippen LogP contribution in [0, 0.1) is 0 Å². The molecule has 0 aliphatic rings. The molecule has 32 heavy (non-hydrogen) atoms. The first-order valence-electron chi connectivity index (χ1n) is 9.50. The highest BCUT2D eigenvalue weighted by molar-refractivity contribution is 9.10. The van der Waals surface area contributed by atoms with Gasteiger partial charge in [-0.2, -0.15) is 0 Å². The van der Waals surface area contributed by atoms with Crippen LogP contribution in [-0.4, -0.2) is 21.8 Å². The SMILES string of the molecule is Nc1c(NNC(=O)c2ccccc2Br)ncnc1NNC(=O)c1cccc2ccccc12. The fourth-order valence-corrected chi connectivity index (χ4v) is 3.49. The number of anilines is 3. The third-order valence-electron chi connectivity index (χ3n) is 4.63. The molecule has 4 rings (SSSR count). The molecule has 2 amide bonds. The first kappa shape index (κ1) is 21.1. The van der Waals surface area contributed by atoms with E-state index < -0.39 is 0 Å². The summed E-state index contributed by atoms with van der Waals surface area (Å²) < 4.78 is 0.647. The van der Waals surface area contributed by atoms with Gasteiger partial charge in [0.1, 0.15) is 12.0 Å². The number of hydrogen-bond donors (Lipinski definition) is 5. The van der Waals surface area contributed by atoms with Crippen LogP contribution in [0.4, 0.5) is 17.3 Å². The predicted octanol–water partition coefficient (Wildman–Crippen LogP) is 3.49. The standard InChI is InChI=1S/C22H18BrN7O2/c23-17-11-4-3-9-16(17)22(32)30-28-20-18(24)19(25-12-26-20)27-29-21(31)15-10-5-7-13-6-1-2-8-14(13)15/h1-12H,24H2,(H,29,31)(H,30,32)(H2,25,26,27,28). The van der Waals surface area contributed by atoms with E-state index in [9.17, 15) is 9.59 Å². The van der Waals surface area contributed by atoms with Crippen molar-refractivity contribution in [2.24, 2.45) is 0 Å². The summed E-state index contributed by atoms with van der Waals surface area (Å²) in [6, 6.07) is 20.0. The summed E-state index contributed by atoms with van der Waals surface area (Å²) >= 11 is 3.33. The lowest BCUT2D eigenvalue weighted by molar-refractivity contribution is 0.0955. The highest BCUT2D eigenvalue weighted by Gasteiger charge is 2.14. The molecule has 6 N–H and O–H groups in total. The molecule has 0 unspecified atom stereocenters. The molecule has 160 valence electrons. The van der Waals surface area contributed by atoms with Gasteiger partial charge in [-0.15, -0.1) is 0 Å². The van der Waals surface area contributed by atoms with Gasteiger partial charge in [-0.25, -0.2) is 9.97 Å². The Hall–Kier alpha value is -4.18. The minimum atomic E-state index is -0.380. The Kier molecular flexibility index (Phi) is 6.13. The van der Waals surface area contributed by atoms with Crippen LogP contribution in [0.15, 0.2) is 77.5 Å². The molecule has 0 bridgehead atoms. The Morgan fingerprint density at radius 1 is 0.750 bits per heavy atom. The molecular formula is C22H18BrN7O2. The number of rotatable bonds is 6. The normalized spacial score (nSPS) is 10.4. The topological polar surface area (TPSA) is 134 Å². The van der Waals surface area contributed by atoms with Crippen molar-refractivity contribution >= 4 is 55.8 Å². The Labute approximate surface area is 191 Å². The molecule has 1 aromatic heterocycles. The molecule has 1 heterocycles. The maximum absolute atomic E-state index is 12.7. The number of hydrogen-bond acceptors (Lipinski definition) is 7. The fraction of sp³-hybridized carbons (Fsp3) is 0. The minimum absolute atomic E-state index is 0.109. The number of nitrogen functional groups attached to an aromatic ring is 1. The number of carbonyl (C=O) groups excluding carboxylic acids is 2. The van der Waals surface area contributed by atoms with Gasteiger partial charge < -0.3 is 5.73 Å². The number of nitrogens with zero attached hydrogens (tertiary/aromatic N) is 2. The van der Waals surface area contributed by atoms with Crippen molar-refractivity contribution in [3.8, 4) is 0 Å². The molecule has 0 aliphatic heterocycles. The maximum Gasteiger partial charge on any atom is 0.270 e. The van der Waals surface area contributed by atoms with E-state index in [0.717, 1.165) is 10.8 Å².